The molecule has 1 unspecified atom stereocenters. The van der Waals surface area contributed by atoms with Gasteiger partial charge in [-0.1, -0.05) is 58.0 Å². The number of ether oxygens (including phenoxy) is 1. The van der Waals surface area contributed by atoms with Crippen LogP contribution in [0.1, 0.15) is 45.7 Å². The van der Waals surface area contributed by atoms with Gasteiger partial charge in [0, 0.05) is 5.69 Å². The first-order valence-corrected chi connectivity index (χ1v) is 8.47. The van der Waals surface area contributed by atoms with Crippen LogP contribution < -0.4 is 10.1 Å². The van der Waals surface area contributed by atoms with E-state index >= 15 is 0 Å². The summed E-state index contributed by atoms with van der Waals surface area (Å²) in [6.45, 7) is 10.3. The van der Waals surface area contributed by atoms with Crippen LogP contribution in [-0.2, 0) is 16.6 Å². The van der Waals surface area contributed by atoms with Gasteiger partial charge in [0.25, 0.3) is 5.91 Å². The summed E-state index contributed by atoms with van der Waals surface area (Å²) < 4.78 is 5.78. The van der Waals surface area contributed by atoms with Crippen molar-refractivity contribution in [1.82, 2.24) is 0 Å². The predicted molar refractivity (Wildman–Crippen MR) is 99.7 cm³/mol. The Labute approximate surface area is 145 Å². The molecule has 0 saturated heterocycles. The maximum atomic E-state index is 12.4. The summed E-state index contributed by atoms with van der Waals surface area (Å²) in [6, 6.07) is 15.8. The van der Waals surface area contributed by atoms with Gasteiger partial charge in [0.1, 0.15) is 5.75 Å². The van der Waals surface area contributed by atoms with Crippen molar-refractivity contribution in [1.29, 1.82) is 0 Å². The Morgan fingerprint density at radius 1 is 1.08 bits per heavy atom. The highest BCUT2D eigenvalue weighted by molar-refractivity contribution is 5.94. The van der Waals surface area contributed by atoms with Gasteiger partial charge in [0.2, 0.25) is 0 Å². The molecule has 2 aromatic rings. The molecule has 0 heterocycles. The maximum Gasteiger partial charge on any atom is 0.265 e. The highest BCUT2D eigenvalue weighted by Crippen LogP contribution is 2.25. The maximum absolute atomic E-state index is 12.4. The molecule has 0 saturated carbocycles. The Kier molecular flexibility index (Phi) is 5.66. The monoisotopic (exact) mass is 325 g/mol. The minimum absolute atomic E-state index is 0.103. The molecule has 0 aliphatic heterocycles. The summed E-state index contributed by atoms with van der Waals surface area (Å²) in [5.41, 5.74) is 3.31. The van der Waals surface area contributed by atoms with Crippen molar-refractivity contribution in [2.24, 2.45) is 0 Å². The molecule has 3 nitrogen and oxygen atoms in total. The van der Waals surface area contributed by atoms with E-state index in [1.54, 1.807) is 6.92 Å². The van der Waals surface area contributed by atoms with Gasteiger partial charge in [0.05, 0.1) is 0 Å². The summed E-state index contributed by atoms with van der Waals surface area (Å²) >= 11 is 0. The Morgan fingerprint density at radius 2 is 1.71 bits per heavy atom. The zero-order valence-electron chi connectivity index (χ0n) is 15.2. The molecular formula is C21H27NO2. The highest BCUT2D eigenvalue weighted by Gasteiger charge is 2.17. The van der Waals surface area contributed by atoms with Gasteiger partial charge in [-0.05, 0) is 48.1 Å². The Bertz CT molecular complexity index is 684. The van der Waals surface area contributed by atoms with Gasteiger partial charge in [0.15, 0.2) is 6.10 Å². The lowest BCUT2D eigenvalue weighted by molar-refractivity contribution is -0.122. The van der Waals surface area contributed by atoms with Crippen LogP contribution in [0, 0.1) is 0 Å². The largest absolute Gasteiger partial charge is 0.481 e. The molecule has 0 aliphatic rings. The highest BCUT2D eigenvalue weighted by atomic mass is 16.5. The standard InChI is InChI=1S/C21H27NO2/c1-6-16-9-7-8-10-19(16)22-20(23)15(2)24-18-13-11-17(12-14-18)21(3,4)5/h7-15H,6H2,1-5H3,(H,22,23). The summed E-state index contributed by atoms with van der Waals surface area (Å²) in [4.78, 5) is 12.4. The lowest BCUT2D eigenvalue weighted by Gasteiger charge is -2.20. The number of rotatable bonds is 5. The Balaban J connectivity index is 2.01. The molecule has 128 valence electrons. The summed E-state index contributed by atoms with van der Waals surface area (Å²) in [5.74, 6) is 0.560. The normalized spacial score (nSPS) is 12.5. The molecular weight excluding hydrogens is 298 g/mol. The fourth-order valence-electron chi connectivity index (χ4n) is 2.48. The van der Waals surface area contributed by atoms with Gasteiger partial charge >= 0.3 is 0 Å². The van der Waals surface area contributed by atoms with Crippen molar-refractivity contribution >= 4 is 11.6 Å². The summed E-state index contributed by atoms with van der Waals surface area (Å²) in [7, 11) is 0. The first-order valence-electron chi connectivity index (χ1n) is 8.47. The van der Waals surface area contributed by atoms with E-state index in [0.29, 0.717) is 5.75 Å². The minimum Gasteiger partial charge on any atom is -0.481 e. The first-order chi connectivity index (χ1) is 11.3. The Morgan fingerprint density at radius 3 is 2.29 bits per heavy atom. The van der Waals surface area contributed by atoms with Gasteiger partial charge < -0.3 is 10.1 Å². The molecule has 0 fully saturated rings. The average molecular weight is 325 g/mol. The second-order valence-electron chi connectivity index (χ2n) is 7.03. The van der Waals surface area contributed by atoms with Crippen molar-refractivity contribution in [3.63, 3.8) is 0 Å². The molecule has 1 N–H and O–H groups in total. The van der Waals surface area contributed by atoms with Gasteiger partial charge in [-0.15, -0.1) is 0 Å². The molecule has 24 heavy (non-hydrogen) atoms. The zero-order valence-corrected chi connectivity index (χ0v) is 15.2. The fraction of sp³-hybridized carbons (Fsp3) is 0.381. The molecule has 2 aromatic carbocycles. The van der Waals surface area contributed by atoms with Gasteiger partial charge in [-0.2, -0.15) is 0 Å². The third kappa shape index (κ3) is 4.60. The van der Waals surface area contributed by atoms with E-state index in [1.807, 2.05) is 48.5 Å². The number of hydrogen-bond donors (Lipinski definition) is 1. The van der Waals surface area contributed by atoms with Crippen LogP contribution in [0.15, 0.2) is 48.5 Å². The van der Waals surface area contributed by atoms with Crippen LogP contribution in [0.2, 0.25) is 0 Å². The topological polar surface area (TPSA) is 38.3 Å². The number of hydrogen-bond acceptors (Lipinski definition) is 2. The van der Waals surface area contributed by atoms with Crippen LogP contribution in [0.5, 0.6) is 5.75 Å². The van der Waals surface area contributed by atoms with Crippen molar-refractivity contribution in [2.75, 3.05) is 5.32 Å². The van der Waals surface area contributed by atoms with E-state index < -0.39 is 6.10 Å². The predicted octanol–water partition coefficient (Wildman–Crippen LogP) is 4.95. The number of benzene rings is 2. The molecule has 0 aliphatic carbocycles. The molecule has 0 radical (unpaired) electrons. The molecule has 3 heteroatoms. The van der Waals surface area contributed by atoms with Crippen molar-refractivity contribution in [2.45, 2.75) is 52.6 Å². The minimum atomic E-state index is -0.560. The number of carbonyl (C=O) groups excluding carboxylic acids is 1. The van der Waals surface area contributed by atoms with Gasteiger partial charge in [-0.25, -0.2) is 0 Å². The number of nitrogens with one attached hydrogen (secondary N) is 1. The fourth-order valence-corrected chi connectivity index (χ4v) is 2.48. The lowest BCUT2D eigenvalue weighted by Crippen LogP contribution is -2.30. The number of aryl methyl sites for hydroxylation is 1. The molecule has 0 aromatic heterocycles. The van der Waals surface area contributed by atoms with Crippen molar-refractivity contribution < 1.29 is 9.53 Å². The molecule has 0 spiro atoms. The van der Waals surface area contributed by atoms with Crippen molar-refractivity contribution in [3.05, 3.63) is 59.7 Å². The van der Waals surface area contributed by atoms with Gasteiger partial charge in [-0.3, -0.25) is 4.79 Å². The number of carbonyl (C=O) groups is 1. The number of para-hydroxylation sites is 1. The zero-order chi connectivity index (χ0) is 17.7. The van der Waals surface area contributed by atoms with Crippen LogP contribution in [-0.4, -0.2) is 12.0 Å². The smallest absolute Gasteiger partial charge is 0.265 e. The molecule has 1 atom stereocenters. The van der Waals surface area contributed by atoms with E-state index in [4.69, 9.17) is 4.74 Å². The van der Waals surface area contributed by atoms with E-state index in [2.05, 4.69) is 33.0 Å². The quantitative estimate of drug-likeness (QED) is 0.844. The van der Waals surface area contributed by atoms with Crippen LogP contribution in [0.4, 0.5) is 5.69 Å². The number of anilines is 1. The third-order valence-electron chi connectivity index (χ3n) is 4.06. The van der Waals surface area contributed by atoms with Crippen molar-refractivity contribution in [3.8, 4) is 5.75 Å². The third-order valence-corrected chi connectivity index (χ3v) is 4.06. The lowest BCUT2D eigenvalue weighted by atomic mass is 9.87. The second-order valence-corrected chi connectivity index (χ2v) is 7.03. The molecule has 0 bridgehead atoms. The Hall–Kier alpha value is -2.29. The first kappa shape index (κ1) is 18.1. The van der Waals surface area contributed by atoms with E-state index in [0.717, 1.165) is 17.7 Å². The SMILES string of the molecule is CCc1ccccc1NC(=O)C(C)Oc1ccc(C(C)(C)C)cc1. The summed E-state index contributed by atoms with van der Waals surface area (Å²) in [6.07, 6.45) is 0.315. The average Bonchev–Trinajstić information content (AvgIpc) is 2.55. The number of amides is 1. The summed E-state index contributed by atoms with van der Waals surface area (Å²) in [5, 5.41) is 2.95. The molecule has 1 amide bonds. The second kappa shape index (κ2) is 7.52. The van der Waals surface area contributed by atoms with E-state index in [9.17, 15) is 4.79 Å². The van der Waals surface area contributed by atoms with E-state index in [1.165, 1.54) is 5.56 Å². The van der Waals surface area contributed by atoms with Crippen LogP contribution in [0.3, 0.4) is 0 Å². The van der Waals surface area contributed by atoms with Crippen LogP contribution in [0.25, 0.3) is 0 Å². The van der Waals surface area contributed by atoms with E-state index in [-0.39, 0.29) is 11.3 Å². The molecule has 2 rings (SSSR count). The van der Waals surface area contributed by atoms with Crippen LogP contribution >= 0.6 is 0 Å².